The molecule has 1 aliphatic carbocycles. The Balaban J connectivity index is 1.28. The summed E-state index contributed by atoms with van der Waals surface area (Å²) in [6, 6.07) is 24.1. The molecule has 5 nitrogen and oxygen atoms in total. The van der Waals surface area contributed by atoms with Crippen LogP contribution in [0.1, 0.15) is 45.9 Å². The molecule has 164 valence electrons. The van der Waals surface area contributed by atoms with Crippen LogP contribution in [0.4, 0.5) is 11.6 Å². The number of nitrogens with one attached hydrogen (secondary N) is 2. The molecule has 0 saturated heterocycles. The minimum absolute atomic E-state index is 0.0525. The highest BCUT2D eigenvalue weighted by molar-refractivity contribution is 5.95. The molecule has 5 rings (SSSR count). The smallest absolute Gasteiger partial charge is 0.251 e. The zero-order valence-electron chi connectivity index (χ0n) is 18.6. The van der Waals surface area contributed by atoms with E-state index in [0.717, 1.165) is 36.1 Å². The molecule has 3 aromatic carbocycles. The minimum Gasteiger partial charge on any atom is -0.345 e. The Morgan fingerprint density at radius 2 is 1.70 bits per heavy atom. The normalized spacial score (nSPS) is 14.9. The minimum atomic E-state index is -0.0732. The van der Waals surface area contributed by atoms with Gasteiger partial charge in [0.25, 0.3) is 5.91 Å². The topological polar surface area (TPSA) is 66.9 Å². The maximum Gasteiger partial charge on any atom is 0.251 e. The van der Waals surface area contributed by atoms with Gasteiger partial charge >= 0.3 is 0 Å². The Morgan fingerprint density at radius 1 is 0.909 bits per heavy atom. The van der Waals surface area contributed by atoms with E-state index in [1.165, 1.54) is 16.7 Å². The average Bonchev–Trinajstić information content (AvgIpc) is 2.85. The third-order valence-corrected chi connectivity index (χ3v) is 6.09. The van der Waals surface area contributed by atoms with Crippen LogP contribution in [0.2, 0.25) is 0 Å². The summed E-state index contributed by atoms with van der Waals surface area (Å²) in [4.78, 5) is 21.9. The van der Waals surface area contributed by atoms with E-state index in [2.05, 4.69) is 70.0 Å². The van der Waals surface area contributed by atoms with E-state index in [-0.39, 0.29) is 11.9 Å². The summed E-state index contributed by atoms with van der Waals surface area (Å²) in [5.74, 6) is 0.417. The Bertz CT molecular complexity index is 1270. The maximum atomic E-state index is 13.0. The second kappa shape index (κ2) is 9.25. The van der Waals surface area contributed by atoms with Crippen LogP contribution in [-0.4, -0.2) is 15.9 Å². The van der Waals surface area contributed by atoms with E-state index in [1.54, 1.807) is 12.4 Å². The van der Waals surface area contributed by atoms with Crippen LogP contribution in [0.3, 0.4) is 0 Å². The van der Waals surface area contributed by atoms with Crippen molar-refractivity contribution in [2.45, 2.75) is 32.2 Å². The fraction of sp³-hybridized carbons (Fsp3) is 0.179. The molecule has 0 unspecified atom stereocenters. The van der Waals surface area contributed by atoms with Crippen LogP contribution in [0.25, 0.3) is 11.1 Å². The quantitative estimate of drug-likeness (QED) is 0.404. The van der Waals surface area contributed by atoms with Gasteiger partial charge in [0.15, 0.2) is 0 Å². The van der Waals surface area contributed by atoms with Crippen LogP contribution in [0.15, 0.2) is 85.2 Å². The first kappa shape index (κ1) is 20.9. The van der Waals surface area contributed by atoms with Crippen molar-refractivity contribution in [1.29, 1.82) is 0 Å². The molecular formula is C28H26N4O. The van der Waals surface area contributed by atoms with E-state index in [9.17, 15) is 4.79 Å². The van der Waals surface area contributed by atoms with Gasteiger partial charge in [0, 0.05) is 29.2 Å². The molecule has 1 heterocycles. The number of rotatable bonds is 5. The number of aromatic nitrogens is 2. The lowest BCUT2D eigenvalue weighted by Crippen LogP contribution is -2.31. The summed E-state index contributed by atoms with van der Waals surface area (Å²) < 4.78 is 0. The molecule has 2 N–H and O–H groups in total. The fourth-order valence-corrected chi connectivity index (χ4v) is 4.30. The number of nitrogens with zero attached hydrogens (tertiary/aromatic N) is 2. The lowest BCUT2D eigenvalue weighted by molar-refractivity contribution is 0.0933. The summed E-state index contributed by atoms with van der Waals surface area (Å²) in [5, 5.41) is 6.42. The Labute approximate surface area is 193 Å². The lowest BCUT2D eigenvalue weighted by atomic mass is 9.87. The van der Waals surface area contributed by atoms with Crippen molar-refractivity contribution in [3.63, 3.8) is 0 Å². The largest absolute Gasteiger partial charge is 0.345 e. The van der Waals surface area contributed by atoms with Gasteiger partial charge in [-0.1, -0.05) is 60.2 Å². The molecule has 1 aromatic heterocycles. The van der Waals surface area contributed by atoms with E-state index in [1.807, 2.05) is 30.3 Å². The van der Waals surface area contributed by atoms with E-state index in [4.69, 9.17) is 0 Å². The number of amides is 1. The first-order valence-electron chi connectivity index (χ1n) is 11.3. The van der Waals surface area contributed by atoms with Gasteiger partial charge < -0.3 is 10.6 Å². The highest BCUT2D eigenvalue weighted by Crippen LogP contribution is 2.30. The molecule has 1 aliphatic rings. The second-order valence-corrected chi connectivity index (χ2v) is 8.48. The zero-order valence-corrected chi connectivity index (χ0v) is 18.6. The predicted molar refractivity (Wildman–Crippen MR) is 132 cm³/mol. The highest BCUT2D eigenvalue weighted by atomic mass is 16.1. The molecule has 0 fully saturated rings. The van der Waals surface area contributed by atoms with Crippen LogP contribution in [0, 0.1) is 6.92 Å². The van der Waals surface area contributed by atoms with Gasteiger partial charge in [0.2, 0.25) is 5.95 Å². The summed E-state index contributed by atoms with van der Waals surface area (Å²) in [5.41, 5.74) is 7.20. The van der Waals surface area contributed by atoms with Crippen molar-refractivity contribution in [2.75, 3.05) is 5.32 Å². The number of benzene rings is 3. The lowest BCUT2D eigenvalue weighted by Gasteiger charge is -2.26. The third-order valence-electron chi connectivity index (χ3n) is 6.09. The van der Waals surface area contributed by atoms with Gasteiger partial charge in [-0.15, -0.1) is 0 Å². The monoisotopic (exact) mass is 434 g/mol. The summed E-state index contributed by atoms with van der Waals surface area (Å²) >= 11 is 0. The van der Waals surface area contributed by atoms with Crippen molar-refractivity contribution >= 4 is 17.5 Å². The molecule has 0 aliphatic heterocycles. The fourth-order valence-electron chi connectivity index (χ4n) is 4.30. The molecule has 4 aromatic rings. The first-order chi connectivity index (χ1) is 16.2. The first-order valence-corrected chi connectivity index (χ1v) is 11.3. The van der Waals surface area contributed by atoms with E-state index < -0.39 is 0 Å². The molecule has 1 amide bonds. The van der Waals surface area contributed by atoms with Gasteiger partial charge in [-0.25, -0.2) is 9.97 Å². The van der Waals surface area contributed by atoms with Crippen molar-refractivity contribution in [2.24, 2.45) is 0 Å². The Morgan fingerprint density at radius 3 is 2.52 bits per heavy atom. The number of hydrogen-bond acceptors (Lipinski definition) is 4. The van der Waals surface area contributed by atoms with Crippen LogP contribution in [-0.2, 0) is 6.42 Å². The number of fused-ring (bicyclic) bond motifs is 1. The number of carbonyl (C=O) groups excluding carboxylic acids is 1. The molecule has 5 heteroatoms. The second-order valence-electron chi connectivity index (χ2n) is 8.48. The number of anilines is 2. The molecule has 0 saturated carbocycles. The molecule has 0 spiro atoms. The van der Waals surface area contributed by atoms with Crippen molar-refractivity contribution < 1.29 is 4.79 Å². The molecule has 0 bridgehead atoms. The number of aryl methyl sites for hydroxylation is 2. The van der Waals surface area contributed by atoms with Crippen molar-refractivity contribution in [3.05, 3.63) is 107 Å². The van der Waals surface area contributed by atoms with Crippen LogP contribution in [0.5, 0.6) is 0 Å². The Hall–Kier alpha value is -3.99. The molecule has 0 radical (unpaired) electrons. The van der Waals surface area contributed by atoms with Gasteiger partial charge in [0.05, 0.1) is 6.04 Å². The standard InChI is InChI=1S/C28H26N4O/c1-19-12-14-20(15-13-19)23-17-29-28(30-18-23)31-24-9-4-8-22(16-24)27(33)32-26-11-5-7-21-6-2-3-10-25(21)26/h2-4,6,8-10,12-18,26H,5,7,11H2,1H3,(H,32,33)(H,29,30,31)/t26-/m0/s1. The number of carbonyl (C=O) groups is 1. The predicted octanol–water partition coefficient (Wildman–Crippen LogP) is 6.00. The van der Waals surface area contributed by atoms with Gasteiger partial charge in [-0.2, -0.15) is 0 Å². The zero-order chi connectivity index (χ0) is 22.6. The van der Waals surface area contributed by atoms with Crippen molar-refractivity contribution in [3.8, 4) is 11.1 Å². The van der Waals surface area contributed by atoms with Crippen LogP contribution >= 0.6 is 0 Å². The molecular weight excluding hydrogens is 408 g/mol. The Kier molecular flexibility index (Phi) is 5.85. The highest BCUT2D eigenvalue weighted by Gasteiger charge is 2.22. The molecule has 1 atom stereocenters. The van der Waals surface area contributed by atoms with Crippen LogP contribution < -0.4 is 10.6 Å². The van der Waals surface area contributed by atoms with Crippen molar-refractivity contribution in [1.82, 2.24) is 15.3 Å². The summed E-state index contributed by atoms with van der Waals surface area (Å²) in [6.45, 7) is 2.07. The van der Waals surface area contributed by atoms with Gasteiger partial charge in [-0.3, -0.25) is 4.79 Å². The third kappa shape index (κ3) is 4.77. The summed E-state index contributed by atoms with van der Waals surface area (Å²) in [6.07, 6.45) is 6.72. The summed E-state index contributed by atoms with van der Waals surface area (Å²) in [7, 11) is 0. The number of hydrogen-bond donors (Lipinski definition) is 2. The molecule has 33 heavy (non-hydrogen) atoms. The van der Waals surface area contributed by atoms with E-state index in [0.29, 0.717) is 11.5 Å². The van der Waals surface area contributed by atoms with Gasteiger partial charge in [0.1, 0.15) is 0 Å². The van der Waals surface area contributed by atoms with E-state index >= 15 is 0 Å². The van der Waals surface area contributed by atoms with Gasteiger partial charge in [-0.05, 0) is 61.1 Å². The SMILES string of the molecule is Cc1ccc(-c2cnc(Nc3cccc(C(=O)N[C@H]4CCCc5ccccc54)c3)nc2)cc1. The maximum absolute atomic E-state index is 13.0. The average molecular weight is 435 g/mol.